The second kappa shape index (κ2) is 24.7. The minimum atomic E-state index is -5.85. The molecule has 4 aromatic rings. The van der Waals surface area contributed by atoms with E-state index in [1.807, 2.05) is 30.3 Å². The lowest BCUT2D eigenvalue weighted by atomic mass is 9.85. The molecule has 5 N–H and O–H groups in total. The van der Waals surface area contributed by atoms with Crippen LogP contribution in [0.2, 0.25) is 0 Å². The Labute approximate surface area is 459 Å². The Morgan fingerprint density at radius 2 is 1.63 bits per heavy atom. The van der Waals surface area contributed by atoms with Crippen LogP contribution >= 0.6 is 18.9 Å². The minimum Gasteiger partial charge on any atom is -0.370 e. The van der Waals surface area contributed by atoms with Gasteiger partial charge in [0.05, 0.1) is 35.3 Å². The van der Waals surface area contributed by atoms with Crippen molar-refractivity contribution in [2.75, 3.05) is 39.4 Å². The van der Waals surface area contributed by atoms with E-state index in [0.29, 0.717) is 23.2 Å². The summed E-state index contributed by atoms with van der Waals surface area (Å²) in [5, 5.41) is 8.02. The quantitative estimate of drug-likeness (QED) is 0.0306. The summed E-state index contributed by atoms with van der Waals surface area (Å²) in [4.78, 5) is 129. The van der Waals surface area contributed by atoms with Gasteiger partial charge in [-0.05, 0) is 72.0 Å². The Morgan fingerprint density at radius 3 is 2.35 bits per heavy atom. The van der Waals surface area contributed by atoms with Crippen molar-refractivity contribution in [2.45, 2.75) is 121 Å². The first-order valence-electron chi connectivity index (χ1n) is 26.3. The van der Waals surface area contributed by atoms with Crippen LogP contribution in [-0.4, -0.2) is 135 Å². The Hall–Kier alpha value is -6.73. The number of ether oxygens (including phenoxy) is 2. The maximum atomic E-state index is 14.8. The third-order valence-corrected chi connectivity index (χ3v) is 16.5. The predicted molar refractivity (Wildman–Crippen MR) is 285 cm³/mol. The number of unbranched alkanes of at least 4 members (excludes halogenated alkanes) is 6. The molecule has 5 heterocycles. The number of thiophene rings is 1. The minimum absolute atomic E-state index is 0.0391. The van der Waals surface area contributed by atoms with E-state index in [1.165, 1.54) is 23.1 Å². The van der Waals surface area contributed by atoms with Crippen LogP contribution in [0.15, 0.2) is 72.8 Å². The number of fused-ring (bicyclic) bond motifs is 2. The van der Waals surface area contributed by atoms with Crippen LogP contribution in [0.5, 0.6) is 0 Å². The van der Waals surface area contributed by atoms with Gasteiger partial charge >= 0.3 is 13.3 Å². The molecule has 4 aliphatic rings. The highest BCUT2D eigenvalue weighted by Crippen LogP contribution is 2.59. The Kier molecular flexibility index (Phi) is 18.3. The summed E-state index contributed by atoms with van der Waals surface area (Å²) < 4.78 is 53.2. The molecule has 8 amide bonds. The number of nitrogens with zero attached hydrogens (tertiary/aromatic N) is 3. The van der Waals surface area contributed by atoms with E-state index in [4.69, 9.17) is 9.47 Å². The number of carbonyl (C=O) groups is 8. The van der Waals surface area contributed by atoms with Gasteiger partial charge in [0, 0.05) is 54.7 Å². The molecule has 420 valence electrons. The number of benzene rings is 3. The lowest BCUT2D eigenvalue weighted by Gasteiger charge is -2.38. The average molecular weight is 1130 g/mol. The van der Waals surface area contributed by atoms with Gasteiger partial charge in [-0.15, -0.1) is 11.3 Å². The van der Waals surface area contributed by atoms with Crippen molar-refractivity contribution in [2.24, 2.45) is 5.41 Å². The molecule has 19 nitrogen and oxygen atoms in total. The van der Waals surface area contributed by atoms with Crippen LogP contribution in [-0.2, 0) is 43.7 Å². The summed E-state index contributed by atoms with van der Waals surface area (Å²) in [5.41, 5.74) is -4.47. The molecule has 0 saturated carbocycles. The van der Waals surface area contributed by atoms with Crippen molar-refractivity contribution in [3.63, 3.8) is 0 Å². The van der Waals surface area contributed by atoms with E-state index in [-0.39, 0.29) is 85.3 Å². The van der Waals surface area contributed by atoms with Crippen molar-refractivity contribution in [3.05, 3.63) is 105 Å². The molecule has 0 radical (unpaired) electrons. The number of morpholine rings is 1. The maximum Gasteiger partial charge on any atom is 0.399 e. The molecule has 0 aliphatic carbocycles. The van der Waals surface area contributed by atoms with Crippen LogP contribution in [0, 0.1) is 17.3 Å². The lowest BCUT2D eigenvalue weighted by molar-refractivity contribution is -0.150. The van der Waals surface area contributed by atoms with Crippen LogP contribution in [0.4, 0.5) is 8.78 Å². The molecule has 0 bridgehead atoms. The normalized spacial score (nSPS) is 20.2. The molecule has 1 unspecified atom stereocenters. The Bertz CT molecular complexity index is 3130. The van der Waals surface area contributed by atoms with Gasteiger partial charge in [0.25, 0.3) is 17.7 Å². The van der Waals surface area contributed by atoms with Gasteiger partial charge in [-0.25, -0.2) is 0 Å². The zero-order chi connectivity index (χ0) is 56.8. The molecule has 3 fully saturated rings. The van der Waals surface area contributed by atoms with Gasteiger partial charge in [0.1, 0.15) is 30.8 Å². The molecular formula is C56H63F2N6O13PS. The number of hydrogen-bond donors (Lipinski definition) is 5. The number of alkyl halides is 2. The standard InChI is InChI=1S/C56H63F2N6O13PS/c1-55(2,3)48(61-50(68)45-29-36-28-37(19-22-44(36)79-45)56(57,58)78(73,74)75)54(72)63-31-38(30-42(63)53(71)62-25-26-76-43(32-62)35-16-12-10-13-17-35)77-33-47(66)59-24-14-9-7-5-4-6-8-11-15-34-18-20-39-40(27-34)52(70)64(51(39)69)41-21-23-46(65)60-49(41)67/h10,12-13,16-20,22,27-29,38,41-43,48H,4-9,14,21,23-26,30-33H2,1-3H3,(H,59,66)(H,61,68)(H,60,65,67)(H2,73,74,75)/t38-,41?,42-,43-,48+/m0/s1. The Morgan fingerprint density at radius 1 is 0.911 bits per heavy atom. The van der Waals surface area contributed by atoms with E-state index >= 15 is 0 Å². The number of halogens is 2. The van der Waals surface area contributed by atoms with Crippen LogP contribution in [0.1, 0.15) is 138 Å². The zero-order valence-electron chi connectivity index (χ0n) is 44.0. The smallest absolute Gasteiger partial charge is 0.370 e. The van der Waals surface area contributed by atoms with Gasteiger partial charge in [-0.3, -0.25) is 53.1 Å². The fraction of sp³-hybridized carbons (Fsp3) is 0.464. The average Bonchev–Trinajstić information content (AvgIpc) is 4.17. The summed E-state index contributed by atoms with van der Waals surface area (Å²) >= 11 is 0.942. The molecule has 5 atom stereocenters. The summed E-state index contributed by atoms with van der Waals surface area (Å²) in [6.45, 7) is 5.99. The fourth-order valence-electron chi connectivity index (χ4n) is 10.1. The summed E-state index contributed by atoms with van der Waals surface area (Å²) in [6, 6.07) is 15.3. The summed E-state index contributed by atoms with van der Waals surface area (Å²) in [5.74, 6) is 1.93. The predicted octanol–water partition coefficient (Wildman–Crippen LogP) is 6.16. The van der Waals surface area contributed by atoms with E-state index in [0.717, 1.165) is 72.5 Å². The topological polar surface area (TPSA) is 258 Å². The van der Waals surface area contributed by atoms with E-state index in [9.17, 15) is 61.5 Å². The van der Waals surface area contributed by atoms with E-state index in [2.05, 4.69) is 27.8 Å². The van der Waals surface area contributed by atoms with Crippen molar-refractivity contribution < 1.29 is 71.0 Å². The highest BCUT2D eigenvalue weighted by Gasteiger charge is 2.51. The highest BCUT2D eigenvalue weighted by atomic mass is 32.1. The van der Waals surface area contributed by atoms with Gasteiger partial charge in [-0.1, -0.05) is 94.7 Å². The zero-order valence-corrected chi connectivity index (χ0v) is 45.7. The first kappa shape index (κ1) is 58.4. The van der Waals surface area contributed by atoms with E-state index in [1.54, 1.807) is 37.8 Å². The molecule has 3 saturated heterocycles. The van der Waals surface area contributed by atoms with Crippen LogP contribution in [0.25, 0.3) is 10.1 Å². The van der Waals surface area contributed by atoms with Crippen LogP contribution in [0.3, 0.4) is 0 Å². The van der Waals surface area contributed by atoms with Crippen LogP contribution < -0.4 is 16.0 Å². The molecule has 4 aliphatic heterocycles. The second-order valence-corrected chi connectivity index (χ2v) is 23.9. The molecule has 0 spiro atoms. The van der Waals surface area contributed by atoms with Gasteiger partial charge in [-0.2, -0.15) is 8.78 Å². The molecule has 3 aromatic carbocycles. The van der Waals surface area contributed by atoms with Crippen molar-refractivity contribution in [1.82, 2.24) is 30.7 Å². The number of rotatable bonds is 19. The monoisotopic (exact) mass is 1130 g/mol. The summed E-state index contributed by atoms with van der Waals surface area (Å²) in [6.07, 6.45) is 4.96. The second-order valence-electron chi connectivity index (χ2n) is 21.2. The molecule has 1 aromatic heterocycles. The van der Waals surface area contributed by atoms with Crippen molar-refractivity contribution >= 4 is 76.3 Å². The van der Waals surface area contributed by atoms with Gasteiger partial charge < -0.3 is 39.7 Å². The summed E-state index contributed by atoms with van der Waals surface area (Å²) in [7, 11) is -5.85. The number of likely N-dealkylation sites (tertiary alicyclic amines) is 1. The number of imide groups is 2. The molecule has 79 heavy (non-hydrogen) atoms. The van der Waals surface area contributed by atoms with Crippen molar-refractivity contribution in [1.29, 1.82) is 0 Å². The molecular weight excluding hydrogens is 1070 g/mol. The first-order chi connectivity index (χ1) is 37.5. The third kappa shape index (κ3) is 13.7. The number of hydrogen-bond acceptors (Lipinski definition) is 12. The maximum absolute atomic E-state index is 14.8. The number of nitrogens with one attached hydrogen (secondary N) is 3. The fourth-order valence-corrected chi connectivity index (χ4v) is 11.5. The SMILES string of the molecule is CC(C)(C)[C@H](NC(=O)c1cc2cc(C(F)(F)P(=O)(O)O)ccc2s1)C(=O)N1C[C@@H](OCC(=O)NCCCCCCCCC#Cc2ccc3c(c2)C(=O)N(C2CCC(=O)NC2=O)C3=O)C[C@H]1C(=O)N1CCO[C@H](c2ccccc2)C1. The third-order valence-electron chi connectivity index (χ3n) is 14.4. The first-order valence-corrected chi connectivity index (χ1v) is 28.7. The number of amides is 8. The number of carbonyl (C=O) groups excluding carboxylic acids is 8. The van der Waals surface area contributed by atoms with Crippen molar-refractivity contribution in [3.8, 4) is 11.8 Å². The Balaban J connectivity index is 0.811. The van der Waals surface area contributed by atoms with E-state index < -0.39 is 90.0 Å². The highest BCUT2D eigenvalue weighted by molar-refractivity contribution is 7.52. The molecule has 8 rings (SSSR count). The van der Waals surface area contributed by atoms with Gasteiger partial charge in [0.2, 0.25) is 29.5 Å². The lowest BCUT2D eigenvalue weighted by Crippen LogP contribution is -2.58. The van der Waals surface area contributed by atoms with Gasteiger partial charge in [0.15, 0.2) is 0 Å². The largest absolute Gasteiger partial charge is 0.399 e. The molecule has 23 heteroatoms. The number of piperidine rings is 1.